The average molecular weight is 418 g/mol. The molecule has 1 aliphatic rings. The first-order valence-corrected chi connectivity index (χ1v) is 9.43. The molecule has 0 saturated carbocycles. The molecule has 3 aromatic carbocycles. The Kier molecular flexibility index (Phi) is 5.41. The first-order chi connectivity index (χ1) is 15.0. The van der Waals surface area contributed by atoms with E-state index in [4.69, 9.17) is 0 Å². The molecule has 154 valence electrons. The van der Waals surface area contributed by atoms with E-state index in [1.165, 1.54) is 30.3 Å². The lowest BCUT2D eigenvalue weighted by molar-refractivity contribution is -0.122. The van der Waals surface area contributed by atoms with Crippen LogP contribution in [0.15, 0.2) is 78.4 Å². The summed E-state index contributed by atoms with van der Waals surface area (Å²) in [5.74, 6) is -2.98. The number of para-hydroxylation sites is 1. The number of imide groups is 2. The molecule has 0 bridgehead atoms. The molecule has 7 heteroatoms. The van der Waals surface area contributed by atoms with Gasteiger partial charge in [-0.3, -0.25) is 14.9 Å². The average Bonchev–Trinajstić information content (AvgIpc) is 2.75. The number of hydrogen-bond acceptors (Lipinski definition) is 3. The molecule has 5 nitrogen and oxygen atoms in total. The quantitative estimate of drug-likeness (QED) is 0.510. The monoisotopic (exact) mass is 418 g/mol. The molecule has 1 fully saturated rings. The van der Waals surface area contributed by atoms with Crippen molar-refractivity contribution in [2.75, 3.05) is 4.90 Å². The summed E-state index contributed by atoms with van der Waals surface area (Å²) in [5, 5.41) is 2.07. The SMILES string of the molecule is O=C1NC(=O)N(c2ccccc2F)C(=O)/C1=C\c1ccccc1Cc1ccccc1F. The van der Waals surface area contributed by atoms with E-state index in [1.807, 2.05) is 0 Å². The summed E-state index contributed by atoms with van der Waals surface area (Å²) in [6.07, 6.45) is 1.56. The van der Waals surface area contributed by atoms with Crippen molar-refractivity contribution >= 4 is 29.6 Å². The highest BCUT2D eigenvalue weighted by Gasteiger charge is 2.38. The molecule has 0 radical (unpaired) electrons. The van der Waals surface area contributed by atoms with Crippen LogP contribution in [0.1, 0.15) is 16.7 Å². The van der Waals surface area contributed by atoms with Gasteiger partial charge in [-0.15, -0.1) is 0 Å². The van der Waals surface area contributed by atoms with Crippen molar-refractivity contribution in [3.63, 3.8) is 0 Å². The number of anilines is 1. The minimum Gasteiger partial charge on any atom is -0.273 e. The Hall–Kier alpha value is -4.13. The number of barbiturate groups is 1. The third-order valence-electron chi connectivity index (χ3n) is 4.89. The molecule has 0 aliphatic carbocycles. The maximum absolute atomic E-state index is 14.2. The number of rotatable bonds is 4. The molecule has 0 aromatic heterocycles. The van der Waals surface area contributed by atoms with Crippen molar-refractivity contribution in [1.29, 1.82) is 0 Å². The lowest BCUT2D eigenvalue weighted by atomic mass is 9.97. The van der Waals surface area contributed by atoms with Crippen molar-refractivity contribution in [3.05, 3.63) is 107 Å². The van der Waals surface area contributed by atoms with E-state index >= 15 is 0 Å². The van der Waals surface area contributed by atoms with Crippen LogP contribution in [-0.2, 0) is 16.0 Å². The molecule has 4 rings (SSSR count). The van der Waals surface area contributed by atoms with Crippen LogP contribution in [0.25, 0.3) is 6.08 Å². The normalized spacial score (nSPS) is 15.4. The summed E-state index contributed by atoms with van der Waals surface area (Å²) in [4.78, 5) is 38.2. The van der Waals surface area contributed by atoms with Gasteiger partial charge in [0.2, 0.25) is 0 Å². The molecule has 1 N–H and O–H groups in total. The van der Waals surface area contributed by atoms with Crippen LogP contribution in [0, 0.1) is 11.6 Å². The lowest BCUT2D eigenvalue weighted by Gasteiger charge is -2.26. The number of urea groups is 1. The highest BCUT2D eigenvalue weighted by Crippen LogP contribution is 2.25. The number of amides is 4. The lowest BCUT2D eigenvalue weighted by Crippen LogP contribution is -2.54. The second kappa shape index (κ2) is 8.31. The van der Waals surface area contributed by atoms with Crippen LogP contribution in [-0.4, -0.2) is 17.8 Å². The van der Waals surface area contributed by atoms with E-state index in [1.54, 1.807) is 42.5 Å². The molecule has 4 amide bonds. The third kappa shape index (κ3) is 3.98. The molecule has 3 aromatic rings. The number of halogens is 2. The maximum atomic E-state index is 14.2. The van der Waals surface area contributed by atoms with Gasteiger partial charge in [-0.05, 0) is 41.0 Å². The van der Waals surface area contributed by atoms with Gasteiger partial charge in [-0.25, -0.2) is 18.5 Å². The van der Waals surface area contributed by atoms with Gasteiger partial charge in [0, 0.05) is 6.42 Å². The standard InChI is InChI=1S/C24H16F2N2O3/c25-19-10-4-3-9-17(19)13-15-7-1-2-8-16(15)14-18-22(29)27-24(31)28(23(18)30)21-12-6-5-11-20(21)26/h1-12,14H,13H2,(H,27,29,31)/b18-14-. The van der Waals surface area contributed by atoms with Gasteiger partial charge in [0.05, 0.1) is 5.69 Å². The van der Waals surface area contributed by atoms with Gasteiger partial charge in [-0.1, -0.05) is 54.6 Å². The minimum absolute atomic E-state index is 0.235. The number of nitrogens with one attached hydrogen (secondary N) is 1. The van der Waals surface area contributed by atoms with E-state index in [9.17, 15) is 23.2 Å². The summed E-state index contributed by atoms with van der Waals surface area (Å²) >= 11 is 0. The number of nitrogens with zero attached hydrogens (tertiary/aromatic N) is 1. The van der Waals surface area contributed by atoms with Crippen LogP contribution in [0.4, 0.5) is 19.3 Å². The van der Waals surface area contributed by atoms with Crippen molar-refractivity contribution in [1.82, 2.24) is 5.32 Å². The van der Waals surface area contributed by atoms with Gasteiger partial charge in [0.1, 0.15) is 17.2 Å². The first kappa shape index (κ1) is 20.2. The van der Waals surface area contributed by atoms with Crippen LogP contribution in [0.5, 0.6) is 0 Å². The summed E-state index contributed by atoms with van der Waals surface area (Å²) in [6, 6.07) is 17.5. The Morgan fingerprint density at radius 1 is 0.774 bits per heavy atom. The van der Waals surface area contributed by atoms with Crippen molar-refractivity contribution in [3.8, 4) is 0 Å². The number of carbonyl (C=O) groups excluding carboxylic acids is 3. The van der Waals surface area contributed by atoms with Crippen LogP contribution in [0.2, 0.25) is 0 Å². The number of hydrogen-bond donors (Lipinski definition) is 1. The van der Waals surface area contributed by atoms with Crippen LogP contribution >= 0.6 is 0 Å². The fraction of sp³-hybridized carbons (Fsp3) is 0.0417. The van der Waals surface area contributed by atoms with E-state index < -0.39 is 23.7 Å². The largest absolute Gasteiger partial charge is 0.336 e. The number of benzene rings is 3. The van der Waals surface area contributed by atoms with E-state index in [0.717, 1.165) is 6.07 Å². The second-order valence-electron chi connectivity index (χ2n) is 6.88. The predicted octanol–water partition coefficient (Wildman–Crippen LogP) is 4.22. The Labute approximate surface area is 176 Å². The molecule has 1 heterocycles. The minimum atomic E-state index is -1.03. The predicted molar refractivity (Wildman–Crippen MR) is 111 cm³/mol. The van der Waals surface area contributed by atoms with Gasteiger partial charge >= 0.3 is 6.03 Å². The maximum Gasteiger partial charge on any atom is 0.336 e. The van der Waals surface area contributed by atoms with Crippen molar-refractivity contribution in [2.24, 2.45) is 0 Å². The smallest absolute Gasteiger partial charge is 0.273 e. The molecule has 0 atom stereocenters. The van der Waals surface area contributed by atoms with E-state index in [0.29, 0.717) is 21.6 Å². The van der Waals surface area contributed by atoms with Gasteiger partial charge < -0.3 is 0 Å². The van der Waals surface area contributed by atoms with Crippen molar-refractivity contribution < 1.29 is 23.2 Å². The molecular weight excluding hydrogens is 402 g/mol. The molecule has 0 unspecified atom stereocenters. The Bertz CT molecular complexity index is 1240. The Morgan fingerprint density at radius 3 is 2.10 bits per heavy atom. The molecule has 31 heavy (non-hydrogen) atoms. The summed E-state index contributed by atoms with van der Waals surface area (Å²) in [7, 11) is 0. The van der Waals surface area contributed by atoms with E-state index in [-0.39, 0.29) is 23.5 Å². The summed E-state index contributed by atoms with van der Waals surface area (Å²) in [6.45, 7) is 0. The first-order valence-electron chi connectivity index (χ1n) is 9.43. The Balaban J connectivity index is 1.74. The fourth-order valence-electron chi connectivity index (χ4n) is 3.35. The summed E-state index contributed by atoms with van der Waals surface area (Å²) < 4.78 is 28.3. The van der Waals surface area contributed by atoms with Gasteiger partial charge in [0.25, 0.3) is 11.8 Å². The molecule has 1 saturated heterocycles. The third-order valence-corrected chi connectivity index (χ3v) is 4.89. The highest BCUT2D eigenvalue weighted by molar-refractivity contribution is 6.39. The number of carbonyl (C=O) groups is 3. The molecule has 0 spiro atoms. The Morgan fingerprint density at radius 2 is 1.39 bits per heavy atom. The van der Waals surface area contributed by atoms with Gasteiger partial charge in [-0.2, -0.15) is 0 Å². The van der Waals surface area contributed by atoms with Crippen LogP contribution in [0.3, 0.4) is 0 Å². The zero-order chi connectivity index (χ0) is 22.0. The molecular formula is C24H16F2N2O3. The zero-order valence-electron chi connectivity index (χ0n) is 16.1. The highest BCUT2D eigenvalue weighted by atomic mass is 19.1. The zero-order valence-corrected chi connectivity index (χ0v) is 16.1. The topological polar surface area (TPSA) is 66.5 Å². The summed E-state index contributed by atoms with van der Waals surface area (Å²) in [5.41, 5.74) is 1.05. The van der Waals surface area contributed by atoms with E-state index in [2.05, 4.69) is 5.32 Å². The van der Waals surface area contributed by atoms with Gasteiger partial charge in [0.15, 0.2) is 0 Å². The fourth-order valence-corrected chi connectivity index (χ4v) is 3.35. The molecule has 1 aliphatic heterocycles. The van der Waals surface area contributed by atoms with Crippen molar-refractivity contribution in [2.45, 2.75) is 6.42 Å². The van der Waals surface area contributed by atoms with Crippen LogP contribution < -0.4 is 10.2 Å². The second-order valence-corrected chi connectivity index (χ2v) is 6.88.